The van der Waals surface area contributed by atoms with Crippen LogP contribution in [0.5, 0.6) is 0 Å². The lowest BCUT2D eigenvalue weighted by Gasteiger charge is -2.36. The van der Waals surface area contributed by atoms with E-state index in [0.29, 0.717) is 17.7 Å². The van der Waals surface area contributed by atoms with Crippen LogP contribution in [-0.2, 0) is 0 Å². The van der Waals surface area contributed by atoms with Crippen molar-refractivity contribution in [1.29, 1.82) is 0 Å². The lowest BCUT2D eigenvalue weighted by atomic mass is 9.85. The van der Waals surface area contributed by atoms with Crippen LogP contribution in [-0.4, -0.2) is 33.9 Å². The molecule has 1 saturated carbocycles. The van der Waals surface area contributed by atoms with Gasteiger partial charge in [-0.25, -0.2) is 4.98 Å². The Morgan fingerprint density at radius 2 is 2.00 bits per heavy atom. The molecule has 0 aromatic carbocycles. The van der Waals surface area contributed by atoms with Crippen LogP contribution in [0.15, 0.2) is 12.4 Å². The van der Waals surface area contributed by atoms with Crippen LogP contribution in [0.4, 0.5) is 0 Å². The van der Waals surface area contributed by atoms with Crippen molar-refractivity contribution in [1.82, 2.24) is 14.9 Å². The van der Waals surface area contributed by atoms with E-state index in [1.54, 1.807) is 12.4 Å². The van der Waals surface area contributed by atoms with Gasteiger partial charge in [0, 0.05) is 19.3 Å². The fourth-order valence-corrected chi connectivity index (χ4v) is 2.71. The number of nitrogens with zero attached hydrogens (tertiary/aromatic N) is 3. The Morgan fingerprint density at radius 3 is 2.61 bits per heavy atom. The van der Waals surface area contributed by atoms with Crippen molar-refractivity contribution in [2.24, 2.45) is 5.92 Å². The molecule has 0 radical (unpaired) electrons. The molecular formula is C14H21N3O. The Balaban J connectivity index is 2.10. The summed E-state index contributed by atoms with van der Waals surface area (Å²) in [4.78, 5) is 22.5. The average Bonchev–Trinajstić information content (AvgIpc) is 2.38. The Kier molecular flexibility index (Phi) is 3.94. The van der Waals surface area contributed by atoms with Gasteiger partial charge in [-0.15, -0.1) is 0 Å². The average molecular weight is 247 g/mol. The predicted molar refractivity (Wildman–Crippen MR) is 70.3 cm³/mol. The molecule has 0 spiro atoms. The van der Waals surface area contributed by atoms with Gasteiger partial charge in [0.05, 0.1) is 11.9 Å². The minimum atomic E-state index is -0.0127. The number of amides is 1. The number of hydrogen-bond donors (Lipinski definition) is 0. The first-order chi connectivity index (χ1) is 8.59. The smallest absolute Gasteiger partial charge is 0.274 e. The van der Waals surface area contributed by atoms with Gasteiger partial charge in [0.15, 0.2) is 0 Å². The summed E-state index contributed by atoms with van der Waals surface area (Å²) in [7, 11) is 1.89. The van der Waals surface area contributed by atoms with Crippen molar-refractivity contribution >= 4 is 5.91 Å². The van der Waals surface area contributed by atoms with E-state index in [-0.39, 0.29) is 5.91 Å². The molecule has 0 bridgehead atoms. The maximum Gasteiger partial charge on any atom is 0.274 e. The van der Waals surface area contributed by atoms with Gasteiger partial charge in [0.2, 0.25) is 0 Å². The predicted octanol–water partition coefficient (Wildman–Crippen LogP) is 2.44. The van der Waals surface area contributed by atoms with Crippen molar-refractivity contribution in [2.75, 3.05) is 7.05 Å². The van der Waals surface area contributed by atoms with Crippen molar-refractivity contribution in [3.8, 4) is 0 Å². The van der Waals surface area contributed by atoms with E-state index >= 15 is 0 Å². The van der Waals surface area contributed by atoms with Gasteiger partial charge in [-0.2, -0.15) is 0 Å². The van der Waals surface area contributed by atoms with Crippen molar-refractivity contribution in [3.63, 3.8) is 0 Å². The van der Waals surface area contributed by atoms with Crippen LogP contribution >= 0.6 is 0 Å². The van der Waals surface area contributed by atoms with E-state index < -0.39 is 0 Å². The van der Waals surface area contributed by atoms with Crippen LogP contribution in [0.2, 0.25) is 0 Å². The van der Waals surface area contributed by atoms with Gasteiger partial charge in [-0.1, -0.05) is 19.8 Å². The SMILES string of the molecule is Cc1cnc(C(=O)N(C)C2CCCCC2C)cn1. The molecule has 1 aromatic heterocycles. The van der Waals surface area contributed by atoms with Crippen molar-refractivity contribution in [2.45, 2.75) is 45.6 Å². The number of rotatable bonds is 2. The minimum Gasteiger partial charge on any atom is -0.337 e. The number of carbonyl (C=O) groups is 1. The van der Waals surface area contributed by atoms with Gasteiger partial charge < -0.3 is 4.90 Å². The molecule has 0 N–H and O–H groups in total. The molecule has 1 aliphatic rings. The quantitative estimate of drug-likeness (QED) is 0.806. The fraction of sp³-hybridized carbons (Fsp3) is 0.643. The van der Waals surface area contributed by atoms with Gasteiger partial charge >= 0.3 is 0 Å². The second kappa shape index (κ2) is 5.46. The van der Waals surface area contributed by atoms with E-state index in [9.17, 15) is 4.79 Å². The highest BCUT2D eigenvalue weighted by Gasteiger charge is 2.28. The summed E-state index contributed by atoms with van der Waals surface area (Å²) >= 11 is 0. The van der Waals surface area contributed by atoms with Crippen LogP contribution in [0.1, 0.15) is 48.8 Å². The lowest BCUT2D eigenvalue weighted by Crippen LogP contribution is -2.42. The third-order valence-electron chi connectivity index (χ3n) is 3.88. The zero-order chi connectivity index (χ0) is 13.1. The molecule has 0 aliphatic heterocycles. The van der Waals surface area contributed by atoms with Crippen molar-refractivity contribution in [3.05, 3.63) is 23.8 Å². The maximum absolute atomic E-state index is 12.3. The van der Waals surface area contributed by atoms with Crippen LogP contribution in [0.3, 0.4) is 0 Å². The normalized spacial score (nSPS) is 23.7. The topological polar surface area (TPSA) is 46.1 Å². The molecule has 2 unspecified atom stereocenters. The summed E-state index contributed by atoms with van der Waals surface area (Å²) in [5.41, 5.74) is 1.28. The monoisotopic (exact) mass is 247 g/mol. The summed E-state index contributed by atoms with van der Waals surface area (Å²) in [6.07, 6.45) is 8.02. The van der Waals surface area contributed by atoms with Crippen molar-refractivity contribution < 1.29 is 4.79 Å². The molecular weight excluding hydrogens is 226 g/mol. The standard InChI is InChI=1S/C14H21N3O/c1-10-6-4-5-7-13(10)17(3)14(18)12-9-15-11(2)8-16-12/h8-10,13H,4-7H2,1-3H3. The Labute approximate surface area is 108 Å². The molecule has 2 rings (SSSR count). The molecule has 1 amide bonds. The first kappa shape index (κ1) is 13.0. The van der Waals surface area contributed by atoms with E-state index in [2.05, 4.69) is 16.9 Å². The van der Waals surface area contributed by atoms with Crippen LogP contribution in [0.25, 0.3) is 0 Å². The highest BCUT2D eigenvalue weighted by atomic mass is 16.2. The Hall–Kier alpha value is -1.45. The van der Waals surface area contributed by atoms with E-state index in [0.717, 1.165) is 12.1 Å². The highest BCUT2D eigenvalue weighted by Crippen LogP contribution is 2.27. The largest absolute Gasteiger partial charge is 0.337 e. The Morgan fingerprint density at radius 1 is 1.28 bits per heavy atom. The fourth-order valence-electron chi connectivity index (χ4n) is 2.71. The second-order valence-electron chi connectivity index (χ2n) is 5.29. The molecule has 4 heteroatoms. The maximum atomic E-state index is 12.3. The number of aromatic nitrogens is 2. The van der Waals surface area contributed by atoms with Crippen LogP contribution < -0.4 is 0 Å². The third-order valence-corrected chi connectivity index (χ3v) is 3.88. The summed E-state index contributed by atoms with van der Waals surface area (Å²) in [5, 5.41) is 0. The summed E-state index contributed by atoms with van der Waals surface area (Å²) in [5.74, 6) is 0.562. The van der Waals surface area contributed by atoms with Gasteiger partial charge in [0.1, 0.15) is 5.69 Å². The van der Waals surface area contributed by atoms with E-state index in [1.807, 2.05) is 18.9 Å². The molecule has 1 fully saturated rings. The van der Waals surface area contributed by atoms with E-state index in [1.165, 1.54) is 19.3 Å². The molecule has 4 nitrogen and oxygen atoms in total. The molecule has 1 heterocycles. The van der Waals surface area contributed by atoms with Gasteiger partial charge in [0.25, 0.3) is 5.91 Å². The number of hydrogen-bond acceptors (Lipinski definition) is 3. The highest BCUT2D eigenvalue weighted by molar-refractivity contribution is 5.92. The summed E-state index contributed by atoms with van der Waals surface area (Å²) in [6.45, 7) is 4.10. The van der Waals surface area contributed by atoms with Crippen LogP contribution in [0, 0.1) is 12.8 Å². The molecule has 1 aromatic rings. The lowest BCUT2D eigenvalue weighted by molar-refractivity contribution is 0.0622. The van der Waals surface area contributed by atoms with E-state index in [4.69, 9.17) is 0 Å². The minimum absolute atomic E-state index is 0.0127. The molecule has 2 atom stereocenters. The summed E-state index contributed by atoms with van der Waals surface area (Å²) < 4.78 is 0. The molecule has 0 saturated heterocycles. The summed E-state index contributed by atoms with van der Waals surface area (Å²) in [6, 6.07) is 0.342. The molecule has 1 aliphatic carbocycles. The molecule has 98 valence electrons. The zero-order valence-electron chi connectivity index (χ0n) is 11.4. The molecule has 18 heavy (non-hydrogen) atoms. The van der Waals surface area contributed by atoms with Gasteiger partial charge in [-0.3, -0.25) is 9.78 Å². The zero-order valence-corrected chi connectivity index (χ0v) is 11.4. The Bertz CT molecular complexity index is 416. The second-order valence-corrected chi connectivity index (χ2v) is 5.29. The first-order valence-electron chi connectivity index (χ1n) is 6.65. The number of carbonyl (C=O) groups excluding carboxylic acids is 1. The number of aryl methyl sites for hydroxylation is 1. The first-order valence-corrected chi connectivity index (χ1v) is 6.65. The third kappa shape index (κ3) is 2.68. The van der Waals surface area contributed by atoms with Gasteiger partial charge in [-0.05, 0) is 25.7 Å².